The fraction of sp³-hybridized carbons (Fsp3) is 0.214. The zero-order chi connectivity index (χ0) is 13.8. The molecule has 0 aliphatic carbocycles. The van der Waals surface area contributed by atoms with Gasteiger partial charge >= 0.3 is 0 Å². The molecular formula is C14H13Cl2NO2. The van der Waals surface area contributed by atoms with Crippen molar-refractivity contribution in [1.82, 2.24) is 5.32 Å². The summed E-state index contributed by atoms with van der Waals surface area (Å²) in [6.07, 6.45) is 2.23. The van der Waals surface area contributed by atoms with E-state index in [1.54, 1.807) is 24.5 Å². The number of benzene rings is 1. The molecule has 19 heavy (non-hydrogen) atoms. The number of carbonyl (C=O) groups excluding carboxylic acids is 1. The zero-order valence-electron chi connectivity index (χ0n) is 10.3. The van der Waals surface area contributed by atoms with Crippen molar-refractivity contribution < 1.29 is 9.21 Å². The zero-order valence-corrected chi connectivity index (χ0v) is 11.8. The SMILES string of the molecule is CC(Cc1ccco1)NC(=O)c1cc(Cl)ccc1Cl. The van der Waals surface area contributed by atoms with Gasteiger partial charge in [-0.05, 0) is 37.3 Å². The summed E-state index contributed by atoms with van der Waals surface area (Å²) < 4.78 is 5.24. The molecule has 0 saturated heterocycles. The third kappa shape index (κ3) is 3.75. The van der Waals surface area contributed by atoms with Gasteiger partial charge in [-0.25, -0.2) is 0 Å². The van der Waals surface area contributed by atoms with Crippen LogP contribution in [0.15, 0.2) is 41.0 Å². The van der Waals surface area contributed by atoms with E-state index in [0.29, 0.717) is 22.0 Å². The van der Waals surface area contributed by atoms with Crippen molar-refractivity contribution >= 4 is 29.1 Å². The lowest BCUT2D eigenvalue weighted by Crippen LogP contribution is -2.34. The third-order valence-corrected chi connectivity index (χ3v) is 3.20. The van der Waals surface area contributed by atoms with Crippen molar-refractivity contribution in [1.29, 1.82) is 0 Å². The quantitative estimate of drug-likeness (QED) is 0.928. The number of hydrogen-bond acceptors (Lipinski definition) is 2. The first-order valence-electron chi connectivity index (χ1n) is 5.84. The van der Waals surface area contributed by atoms with Gasteiger partial charge in [-0.2, -0.15) is 0 Å². The molecule has 0 aliphatic rings. The van der Waals surface area contributed by atoms with Crippen LogP contribution in [0.2, 0.25) is 10.0 Å². The minimum absolute atomic E-state index is 0.0614. The summed E-state index contributed by atoms with van der Waals surface area (Å²) in [4.78, 5) is 12.1. The fourth-order valence-corrected chi connectivity index (χ4v) is 2.13. The normalized spacial score (nSPS) is 12.2. The molecule has 1 amide bonds. The Morgan fingerprint density at radius 2 is 2.16 bits per heavy atom. The molecule has 1 aromatic carbocycles. The number of hydrogen-bond donors (Lipinski definition) is 1. The van der Waals surface area contributed by atoms with Crippen LogP contribution in [0.3, 0.4) is 0 Å². The molecule has 100 valence electrons. The van der Waals surface area contributed by atoms with E-state index in [1.807, 2.05) is 19.1 Å². The van der Waals surface area contributed by atoms with Gasteiger partial charge in [-0.15, -0.1) is 0 Å². The van der Waals surface area contributed by atoms with Crippen LogP contribution in [0.25, 0.3) is 0 Å². The van der Waals surface area contributed by atoms with Gasteiger partial charge < -0.3 is 9.73 Å². The molecule has 1 aromatic heterocycles. The number of rotatable bonds is 4. The Balaban J connectivity index is 2.02. The molecule has 0 radical (unpaired) electrons. The molecule has 2 aromatic rings. The van der Waals surface area contributed by atoms with E-state index in [-0.39, 0.29) is 11.9 Å². The van der Waals surface area contributed by atoms with E-state index in [1.165, 1.54) is 0 Å². The fourth-order valence-electron chi connectivity index (χ4n) is 1.75. The van der Waals surface area contributed by atoms with Gasteiger partial charge in [0.15, 0.2) is 0 Å². The summed E-state index contributed by atoms with van der Waals surface area (Å²) in [5, 5.41) is 3.72. The minimum Gasteiger partial charge on any atom is -0.469 e. The smallest absolute Gasteiger partial charge is 0.253 e. The third-order valence-electron chi connectivity index (χ3n) is 2.64. The molecule has 0 bridgehead atoms. The topological polar surface area (TPSA) is 42.2 Å². The first kappa shape index (κ1) is 14.0. The van der Waals surface area contributed by atoms with Crippen LogP contribution in [-0.4, -0.2) is 11.9 Å². The van der Waals surface area contributed by atoms with Gasteiger partial charge in [-0.1, -0.05) is 23.2 Å². The molecule has 1 heterocycles. The monoisotopic (exact) mass is 297 g/mol. The highest BCUT2D eigenvalue weighted by Gasteiger charge is 2.14. The summed E-state index contributed by atoms with van der Waals surface area (Å²) in [5.74, 6) is 0.580. The van der Waals surface area contributed by atoms with Gasteiger partial charge in [0.25, 0.3) is 5.91 Å². The van der Waals surface area contributed by atoms with Crippen LogP contribution in [0.1, 0.15) is 23.0 Å². The van der Waals surface area contributed by atoms with Crippen molar-refractivity contribution in [2.75, 3.05) is 0 Å². The van der Waals surface area contributed by atoms with Gasteiger partial charge in [0.05, 0.1) is 16.8 Å². The van der Waals surface area contributed by atoms with Gasteiger partial charge in [-0.3, -0.25) is 4.79 Å². The molecule has 0 saturated carbocycles. The van der Waals surface area contributed by atoms with E-state index in [4.69, 9.17) is 27.6 Å². The largest absolute Gasteiger partial charge is 0.469 e. The standard InChI is InChI=1S/C14H13Cl2NO2/c1-9(7-11-3-2-6-19-11)17-14(18)12-8-10(15)4-5-13(12)16/h2-6,8-9H,7H2,1H3,(H,17,18). The molecule has 0 aliphatic heterocycles. The van der Waals surface area contributed by atoms with E-state index >= 15 is 0 Å². The van der Waals surface area contributed by atoms with E-state index in [2.05, 4.69) is 5.32 Å². The maximum absolute atomic E-state index is 12.1. The highest BCUT2D eigenvalue weighted by Crippen LogP contribution is 2.20. The second kappa shape index (κ2) is 6.13. The van der Waals surface area contributed by atoms with E-state index in [9.17, 15) is 4.79 Å². The molecule has 1 N–H and O–H groups in total. The first-order chi connectivity index (χ1) is 9.06. The Kier molecular flexibility index (Phi) is 4.51. The number of furan rings is 1. The summed E-state index contributed by atoms with van der Waals surface area (Å²) in [7, 11) is 0. The number of halogens is 2. The molecule has 5 heteroatoms. The van der Waals surface area contributed by atoms with Gasteiger partial charge in [0.2, 0.25) is 0 Å². The first-order valence-corrected chi connectivity index (χ1v) is 6.60. The Hall–Kier alpha value is -1.45. The molecule has 2 rings (SSSR count). The van der Waals surface area contributed by atoms with E-state index in [0.717, 1.165) is 5.76 Å². The highest BCUT2D eigenvalue weighted by molar-refractivity contribution is 6.35. The second-order valence-electron chi connectivity index (χ2n) is 4.28. The van der Waals surface area contributed by atoms with Crippen molar-refractivity contribution in [3.63, 3.8) is 0 Å². The van der Waals surface area contributed by atoms with Crippen molar-refractivity contribution in [2.24, 2.45) is 0 Å². The second-order valence-corrected chi connectivity index (χ2v) is 5.13. The Labute approximate surface area is 121 Å². The Bertz CT molecular complexity index is 567. The van der Waals surface area contributed by atoms with Crippen LogP contribution < -0.4 is 5.32 Å². The minimum atomic E-state index is -0.244. The molecule has 0 fully saturated rings. The lowest BCUT2D eigenvalue weighted by Gasteiger charge is -2.13. The molecule has 1 unspecified atom stereocenters. The van der Waals surface area contributed by atoms with Crippen LogP contribution >= 0.6 is 23.2 Å². The summed E-state index contributed by atoms with van der Waals surface area (Å²) in [6, 6.07) is 8.43. The van der Waals surface area contributed by atoms with Crippen LogP contribution in [0.5, 0.6) is 0 Å². The Morgan fingerprint density at radius 3 is 2.84 bits per heavy atom. The van der Waals surface area contributed by atoms with Crippen LogP contribution in [-0.2, 0) is 6.42 Å². The predicted octanol–water partition coefficient (Wildman–Crippen LogP) is 3.95. The molecular weight excluding hydrogens is 285 g/mol. The van der Waals surface area contributed by atoms with E-state index < -0.39 is 0 Å². The molecule has 1 atom stereocenters. The van der Waals surface area contributed by atoms with Gasteiger partial charge in [0, 0.05) is 17.5 Å². The van der Waals surface area contributed by atoms with Crippen molar-refractivity contribution in [2.45, 2.75) is 19.4 Å². The number of nitrogens with one attached hydrogen (secondary N) is 1. The maximum atomic E-state index is 12.1. The lowest BCUT2D eigenvalue weighted by molar-refractivity contribution is 0.0939. The van der Waals surface area contributed by atoms with Crippen molar-refractivity contribution in [3.8, 4) is 0 Å². The van der Waals surface area contributed by atoms with Crippen molar-refractivity contribution in [3.05, 3.63) is 58.0 Å². The number of carbonyl (C=O) groups is 1. The average molecular weight is 298 g/mol. The summed E-state index contributed by atoms with van der Waals surface area (Å²) in [5.41, 5.74) is 0.375. The molecule has 0 spiro atoms. The lowest BCUT2D eigenvalue weighted by atomic mass is 10.1. The van der Waals surface area contributed by atoms with Crippen LogP contribution in [0, 0.1) is 0 Å². The predicted molar refractivity (Wildman–Crippen MR) is 75.8 cm³/mol. The highest BCUT2D eigenvalue weighted by atomic mass is 35.5. The Morgan fingerprint density at radius 1 is 1.37 bits per heavy atom. The summed E-state index contributed by atoms with van der Waals surface area (Å²) >= 11 is 11.8. The van der Waals surface area contributed by atoms with Gasteiger partial charge in [0.1, 0.15) is 5.76 Å². The maximum Gasteiger partial charge on any atom is 0.253 e. The molecule has 3 nitrogen and oxygen atoms in total. The number of amides is 1. The summed E-state index contributed by atoms with van der Waals surface area (Å²) in [6.45, 7) is 1.90. The average Bonchev–Trinajstić information content (AvgIpc) is 2.84. The van der Waals surface area contributed by atoms with Crippen LogP contribution in [0.4, 0.5) is 0 Å².